The molecule has 7 heteroatoms. The van der Waals surface area contributed by atoms with Gasteiger partial charge in [0, 0.05) is 0 Å². The maximum atomic E-state index is 8.25. The predicted octanol–water partition coefficient (Wildman–Crippen LogP) is 22.8. The van der Waals surface area contributed by atoms with Crippen LogP contribution in [0, 0.1) is 0 Å². The molecule has 71 heavy (non-hydrogen) atoms. The summed E-state index contributed by atoms with van der Waals surface area (Å²) in [6.45, 7) is 11.6. The zero-order chi connectivity index (χ0) is 51.5. The van der Waals surface area contributed by atoms with E-state index >= 15 is 0 Å². The van der Waals surface area contributed by atoms with Crippen molar-refractivity contribution in [3.05, 3.63) is 0 Å². The van der Waals surface area contributed by atoms with Crippen LogP contribution in [0.2, 0.25) is 0 Å². The maximum Gasteiger partial charge on any atom is 1.00 e. The van der Waals surface area contributed by atoms with Gasteiger partial charge in [0.2, 0.25) is 0 Å². The molecule has 2 aliphatic heterocycles. The van der Waals surface area contributed by atoms with Crippen LogP contribution in [-0.4, -0.2) is 40.9 Å². The molecule has 0 saturated carbocycles. The third-order valence-corrected chi connectivity index (χ3v) is 18.4. The second-order valence-corrected chi connectivity index (χ2v) is 24.8. The molecule has 2 unspecified atom stereocenters. The van der Waals surface area contributed by atoms with E-state index in [-0.39, 0.29) is 1.43 Å². The highest BCUT2D eigenvalue weighted by Gasteiger charge is 2.70. The summed E-state index contributed by atoms with van der Waals surface area (Å²) in [7, 11) is 0. The lowest BCUT2D eigenvalue weighted by Gasteiger charge is -2.48. The third-order valence-electron chi connectivity index (χ3n) is 17.7. The molecule has 4 nitrogen and oxygen atoms in total. The second-order valence-electron chi connectivity index (χ2n) is 23.9. The Morgan fingerprint density at radius 1 is 0.225 bits per heavy atom. The second kappa shape index (κ2) is 43.6. The zero-order valence-corrected chi connectivity index (χ0v) is 51.1. The quantitative estimate of drug-likeness (QED) is 0.0362. The van der Waals surface area contributed by atoms with Crippen LogP contribution in [0.25, 0.3) is 0 Å². The molecular weight excluding hydrogens is 908 g/mol. The Bertz CT molecular complexity index is 1060. The highest BCUT2D eigenvalue weighted by Crippen LogP contribution is 2.62. The summed E-state index contributed by atoms with van der Waals surface area (Å²) >= 11 is 9.32. The van der Waals surface area contributed by atoms with Gasteiger partial charge in [-0.05, 0) is 75.7 Å². The molecule has 0 N–H and O–H groups in total. The summed E-state index contributed by atoms with van der Waals surface area (Å²) in [5.74, 6) is 1.95. The van der Waals surface area contributed by atoms with Gasteiger partial charge in [0.1, 0.15) is 0 Å². The Morgan fingerprint density at radius 2 is 0.366 bits per heavy atom. The molecule has 424 valence electrons. The summed E-state index contributed by atoms with van der Waals surface area (Å²) in [6, 6.07) is 0. The van der Waals surface area contributed by atoms with Crippen LogP contribution in [0.5, 0.6) is 0 Å². The Labute approximate surface area is 459 Å². The van der Waals surface area contributed by atoms with Crippen LogP contribution < -0.4 is 0 Å². The van der Waals surface area contributed by atoms with Crippen molar-refractivity contribution < 1.29 is 20.0 Å². The molecule has 2 fully saturated rings. The van der Waals surface area contributed by atoms with Crippen molar-refractivity contribution >= 4 is 32.2 Å². The van der Waals surface area contributed by atoms with Gasteiger partial charge >= 0.3 is 8.38 Å². The molecule has 2 rings (SSSR count). The fourth-order valence-electron chi connectivity index (χ4n) is 13.4. The largest absolute Gasteiger partial charge is 1.00 e. The van der Waals surface area contributed by atoms with Crippen molar-refractivity contribution in [2.75, 3.05) is 11.5 Å². The molecule has 2 heterocycles. The maximum absolute atomic E-state index is 8.25. The first-order valence-electron chi connectivity index (χ1n) is 33.0. The number of rotatable bonds is 54. The molecule has 1 spiro atoms. The minimum atomic E-state index is -2.45. The molecule has 0 bridgehead atoms. The van der Waals surface area contributed by atoms with Gasteiger partial charge in [0.25, 0.3) is 0 Å². The molecule has 0 aromatic rings. The Morgan fingerprint density at radius 3 is 0.521 bits per heavy atom. The molecule has 2 saturated heterocycles. The summed E-state index contributed by atoms with van der Waals surface area (Å²) in [5, 5.41) is 0. The smallest absolute Gasteiger partial charge is 0.512 e. The average molecular weight is 1040 g/mol. The molecule has 0 aliphatic carbocycles. The molecule has 2 aliphatic rings. The van der Waals surface area contributed by atoms with Crippen molar-refractivity contribution in [1.82, 2.24) is 0 Å². The van der Waals surface area contributed by atoms with E-state index in [1.165, 1.54) is 283 Å². The molecule has 2 atom stereocenters. The summed E-state index contributed by atoms with van der Waals surface area (Å²) in [6.07, 6.45) is 65.1. The van der Waals surface area contributed by atoms with Gasteiger partial charge in [-0.2, -0.15) is 25.3 Å². The van der Waals surface area contributed by atoms with E-state index in [1.54, 1.807) is 0 Å². The van der Waals surface area contributed by atoms with Crippen molar-refractivity contribution in [3.63, 3.8) is 0 Å². The van der Waals surface area contributed by atoms with Crippen LogP contribution in [0.15, 0.2) is 0 Å². The topological polar surface area (TPSA) is 36.9 Å². The molecule has 0 radical (unpaired) electrons. The lowest BCUT2D eigenvalue weighted by atomic mass is 9.70. The van der Waals surface area contributed by atoms with E-state index in [2.05, 4.69) is 66.8 Å². The highest BCUT2D eigenvalue weighted by molar-refractivity contribution is 7.80. The predicted molar refractivity (Wildman–Crippen MR) is 324 cm³/mol. The van der Waals surface area contributed by atoms with Crippen molar-refractivity contribution in [2.24, 2.45) is 0 Å². The van der Waals surface area contributed by atoms with Crippen molar-refractivity contribution in [1.29, 1.82) is 0 Å². The zero-order valence-electron chi connectivity index (χ0n) is 50.3. The average Bonchev–Trinajstić information content (AvgIpc) is 3.77. The Balaban J connectivity index is 0.0000259. The van der Waals surface area contributed by atoms with Gasteiger partial charge in [-0.3, -0.25) is 0 Å². The standard InChI is InChI=1S/C64H128BO4S2/c1-7-13-19-25-31-41-51-61(52-42-32-26-20-14-8-2)63(57-47-37-39-49-59-70,55-45-35-29-23-17-11-5)68-65(66-61)67-62(53-43-33-27-21-15-9-3,54-44-34-28-22-16-10-4)64(69-65,58-48-38-40-50-60-71)56-46-36-30-24-18-12-6/h70-71H,7-60H2,1-6H3/q-1/p+1. The normalized spacial score (nSPS) is 21.6. The van der Waals surface area contributed by atoms with E-state index in [9.17, 15) is 0 Å². The summed E-state index contributed by atoms with van der Waals surface area (Å²) < 4.78 is 33.0. The van der Waals surface area contributed by atoms with E-state index < -0.39 is 29.4 Å². The molecule has 0 aromatic heterocycles. The van der Waals surface area contributed by atoms with Crippen LogP contribution in [0.1, 0.15) is 377 Å². The van der Waals surface area contributed by atoms with Crippen molar-refractivity contribution in [2.45, 2.75) is 398 Å². The van der Waals surface area contributed by atoms with Gasteiger partial charge < -0.3 is 18.6 Å². The molecular formula is C64H129BO4S2. The van der Waals surface area contributed by atoms with Crippen LogP contribution in [0.3, 0.4) is 0 Å². The summed E-state index contributed by atoms with van der Waals surface area (Å²) in [5.41, 5.74) is -1.60. The lowest BCUT2D eigenvalue weighted by molar-refractivity contribution is -0.0769. The first-order chi connectivity index (χ1) is 34.8. The van der Waals surface area contributed by atoms with Crippen LogP contribution >= 0.6 is 25.3 Å². The number of hydrogen-bond acceptors (Lipinski definition) is 6. The monoisotopic (exact) mass is 1040 g/mol. The Kier molecular flexibility index (Phi) is 41.6. The van der Waals surface area contributed by atoms with Crippen molar-refractivity contribution in [3.8, 4) is 0 Å². The SMILES string of the molecule is CCCCCCCCC1(CCCCCCS)O[B-]2(OC(CCCCCCS)(CCCCCCCC)C(CCCCCCCC)(CCCCCCCC)O2)OC1(CCCCCCCC)CCCCCCCC.[H+]. The Hall–Kier alpha value is 0.605. The highest BCUT2D eigenvalue weighted by atomic mass is 32.1. The molecule has 0 amide bonds. The number of hydrogen-bond donors (Lipinski definition) is 2. The van der Waals surface area contributed by atoms with Gasteiger partial charge in [-0.1, -0.05) is 311 Å². The van der Waals surface area contributed by atoms with Gasteiger partial charge in [-0.25, -0.2) is 0 Å². The van der Waals surface area contributed by atoms with Gasteiger partial charge in [-0.15, -0.1) is 0 Å². The van der Waals surface area contributed by atoms with Gasteiger partial charge in [0.15, 0.2) is 0 Å². The first kappa shape index (κ1) is 67.7. The number of unbranched alkanes of at least 4 members (excludes halogenated alkanes) is 36. The fraction of sp³-hybridized carbons (Fsp3) is 1.00. The van der Waals surface area contributed by atoms with E-state index in [0.717, 1.165) is 62.9 Å². The van der Waals surface area contributed by atoms with E-state index in [0.29, 0.717) is 0 Å². The minimum Gasteiger partial charge on any atom is -0.512 e. The first-order valence-corrected chi connectivity index (χ1v) is 34.2. The fourth-order valence-corrected chi connectivity index (χ4v) is 13.8. The van der Waals surface area contributed by atoms with E-state index in [1.807, 2.05) is 0 Å². The van der Waals surface area contributed by atoms with Crippen LogP contribution in [-0.2, 0) is 18.6 Å². The minimum absolute atomic E-state index is 0. The third kappa shape index (κ3) is 26.2. The number of thiol groups is 2. The van der Waals surface area contributed by atoms with E-state index in [4.69, 9.17) is 18.6 Å². The van der Waals surface area contributed by atoms with Crippen LogP contribution in [0.4, 0.5) is 0 Å². The molecule has 0 aromatic carbocycles. The lowest BCUT2D eigenvalue weighted by Crippen LogP contribution is -2.52. The summed E-state index contributed by atoms with van der Waals surface area (Å²) in [4.78, 5) is 0. The van der Waals surface area contributed by atoms with Gasteiger partial charge in [0.05, 0.1) is 22.4 Å².